The number of carbonyl (C=O) groups is 1. The normalized spacial score (nSPS) is 12.2. The minimum Gasteiger partial charge on any atom is -0.392 e. The Morgan fingerprint density at radius 2 is 2.18 bits per heavy atom. The summed E-state index contributed by atoms with van der Waals surface area (Å²) in [5.74, 6) is -0.397. The Balaban J connectivity index is 2.76. The maximum Gasteiger partial charge on any atom is 0.331 e. The SMILES string of the molecule is C[C@@H](O)CNC(=O)Cn1ccc(=O)n(C)c1=O. The molecule has 7 nitrogen and oxygen atoms in total. The molecule has 0 aromatic carbocycles. The van der Waals surface area contributed by atoms with E-state index in [1.807, 2.05) is 0 Å². The van der Waals surface area contributed by atoms with E-state index in [0.717, 1.165) is 9.13 Å². The molecule has 0 fully saturated rings. The van der Waals surface area contributed by atoms with Gasteiger partial charge >= 0.3 is 5.69 Å². The van der Waals surface area contributed by atoms with Crippen molar-refractivity contribution in [2.45, 2.75) is 19.6 Å². The van der Waals surface area contributed by atoms with Gasteiger partial charge < -0.3 is 10.4 Å². The molecular weight excluding hydrogens is 226 g/mol. The molecule has 1 heterocycles. The summed E-state index contributed by atoms with van der Waals surface area (Å²) in [6.45, 7) is 1.48. The summed E-state index contributed by atoms with van der Waals surface area (Å²) in [5, 5.41) is 11.4. The van der Waals surface area contributed by atoms with Crippen LogP contribution in [0.15, 0.2) is 21.9 Å². The predicted octanol–water partition coefficient (Wildman–Crippen LogP) is -1.96. The minimum absolute atomic E-state index is 0.124. The monoisotopic (exact) mass is 241 g/mol. The van der Waals surface area contributed by atoms with Crippen LogP contribution in [0.4, 0.5) is 0 Å². The molecule has 0 aliphatic heterocycles. The number of nitrogens with zero attached hydrogens (tertiary/aromatic N) is 2. The van der Waals surface area contributed by atoms with Crippen molar-refractivity contribution < 1.29 is 9.90 Å². The second-order valence-corrected chi connectivity index (χ2v) is 3.78. The third-order valence-corrected chi connectivity index (χ3v) is 2.17. The average molecular weight is 241 g/mol. The lowest BCUT2D eigenvalue weighted by Crippen LogP contribution is -2.41. The number of hydrogen-bond donors (Lipinski definition) is 2. The van der Waals surface area contributed by atoms with E-state index in [0.29, 0.717) is 0 Å². The molecule has 94 valence electrons. The van der Waals surface area contributed by atoms with Crippen LogP contribution in [-0.2, 0) is 18.4 Å². The van der Waals surface area contributed by atoms with Crippen LogP contribution in [0.5, 0.6) is 0 Å². The van der Waals surface area contributed by atoms with Crippen LogP contribution >= 0.6 is 0 Å². The largest absolute Gasteiger partial charge is 0.392 e. The van der Waals surface area contributed by atoms with Gasteiger partial charge in [0.05, 0.1) is 6.10 Å². The van der Waals surface area contributed by atoms with Crippen molar-refractivity contribution in [2.75, 3.05) is 6.54 Å². The fourth-order valence-electron chi connectivity index (χ4n) is 1.21. The molecule has 0 spiro atoms. The van der Waals surface area contributed by atoms with E-state index >= 15 is 0 Å². The van der Waals surface area contributed by atoms with E-state index in [-0.39, 0.29) is 13.1 Å². The van der Waals surface area contributed by atoms with Gasteiger partial charge in [0.15, 0.2) is 0 Å². The molecule has 2 N–H and O–H groups in total. The Labute approximate surface area is 97.3 Å². The molecule has 7 heteroatoms. The topological polar surface area (TPSA) is 93.3 Å². The molecule has 0 aliphatic rings. The first kappa shape index (κ1) is 13.2. The van der Waals surface area contributed by atoms with Crippen molar-refractivity contribution in [3.05, 3.63) is 33.1 Å². The summed E-state index contributed by atoms with van der Waals surface area (Å²) in [6.07, 6.45) is 0.628. The zero-order valence-electron chi connectivity index (χ0n) is 9.71. The highest BCUT2D eigenvalue weighted by atomic mass is 16.3. The predicted molar refractivity (Wildman–Crippen MR) is 60.6 cm³/mol. The molecule has 1 amide bonds. The van der Waals surface area contributed by atoms with Gasteiger partial charge in [-0.2, -0.15) is 0 Å². The van der Waals surface area contributed by atoms with Crippen molar-refractivity contribution in [3.8, 4) is 0 Å². The third kappa shape index (κ3) is 3.56. The number of carbonyl (C=O) groups excluding carboxylic acids is 1. The molecule has 0 aliphatic carbocycles. The van der Waals surface area contributed by atoms with E-state index in [9.17, 15) is 14.4 Å². The first-order chi connectivity index (χ1) is 7.91. The zero-order valence-corrected chi connectivity index (χ0v) is 9.71. The fourth-order valence-corrected chi connectivity index (χ4v) is 1.21. The molecule has 17 heavy (non-hydrogen) atoms. The van der Waals surface area contributed by atoms with E-state index in [1.165, 1.54) is 19.3 Å². The van der Waals surface area contributed by atoms with E-state index < -0.39 is 23.3 Å². The highest BCUT2D eigenvalue weighted by Gasteiger charge is 2.07. The Morgan fingerprint density at radius 3 is 2.76 bits per heavy atom. The van der Waals surface area contributed by atoms with Crippen LogP contribution in [0.1, 0.15) is 6.92 Å². The molecular formula is C10H15N3O4. The van der Waals surface area contributed by atoms with Crippen molar-refractivity contribution in [2.24, 2.45) is 7.05 Å². The number of aliphatic hydroxyl groups is 1. The highest BCUT2D eigenvalue weighted by Crippen LogP contribution is 1.81. The van der Waals surface area contributed by atoms with E-state index in [1.54, 1.807) is 6.92 Å². The Morgan fingerprint density at radius 1 is 1.53 bits per heavy atom. The molecule has 0 saturated carbocycles. The first-order valence-electron chi connectivity index (χ1n) is 5.13. The number of amides is 1. The summed E-state index contributed by atoms with van der Waals surface area (Å²) in [4.78, 5) is 34.1. The smallest absolute Gasteiger partial charge is 0.331 e. The van der Waals surface area contributed by atoms with Gasteiger partial charge in [-0.05, 0) is 6.92 Å². The van der Waals surface area contributed by atoms with Gasteiger partial charge in [-0.25, -0.2) is 4.79 Å². The summed E-state index contributed by atoms with van der Waals surface area (Å²) >= 11 is 0. The van der Waals surface area contributed by atoms with Gasteiger partial charge in [-0.1, -0.05) is 0 Å². The summed E-state index contributed by atoms with van der Waals surface area (Å²) in [5.41, 5.74) is -0.972. The molecule has 1 rings (SSSR count). The average Bonchev–Trinajstić information content (AvgIpc) is 2.27. The van der Waals surface area contributed by atoms with Gasteiger partial charge in [-0.15, -0.1) is 0 Å². The van der Waals surface area contributed by atoms with Crippen LogP contribution in [0.25, 0.3) is 0 Å². The Kier molecular flexibility index (Phi) is 4.22. The van der Waals surface area contributed by atoms with Gasteiger partial charge in [0.1, 0.15) is 6.54 Å². The molecule has 0 radical (unpaired) electrons. The maximum atomic E-state index is 11.6. The molecule has 1 atom stereocenters. The lowest BCUT2D eigenvalue weighted by Gasteiger charge is -2.09. The molecule has 1 aromatic heterocycles. The number of rotatable bonds is 4. The second-order valence-electron chi connectivity index (χ2n) is 3.78. The van der Waals surface area contributed by atoms with Crippen LogP contribution in [0, 0.1) is 0 Å². The van der Waals surface area contributed by atoms with Crippen molar-refractivity contribution in [3.63, 3.8) is 0 Å². The zero-order chi connectivity index (χ0) is 13.0. The van der Waals surface area contributed by atoms with Gasteiger partial charge in [0.2, 0.25) is 5.91 Å². The molecule has 0 saturated heterocycles. The van der Waals surface area contributed by atoms with E-state index in [4.69, 9.17) is 5.11 Å². The Hall–Kier alpha value is -1.89. The Bertz CT molecular complexity index is 515. The second kappa shape index (κ2) is 5.44. The third-order valence-electron chi connectivity index (χ3n) is 2.17. The number of nitrogens with one attached hydrogen (secondary N) is 1. The minimum atomic E-state index is -0.643. The van der Waals surface area contributed by atoms with Crippen molar-refractivity contribution in [1.82, 2.24) is 14.5 Å². The van der Waals surface area contributed by atoms with Crippen LogP contribution in [-0.4, -0.2) is 32.8 Å². The highest BCUT2D eigenvalue weighted by molar-refractivity contribution is 5.75. The van der Waals surface area contributed by atoms with Crippen LogP contribution < -0.4 is 16.6 Å². The number of aliphatic hydroxyl groups excluding tert-OH is 1. The standard InChI is InChI=1S/C10H15N3O4/c1-7(14)5-11-8(15)6-13-4-3-9(16)12(2)10(13)17/h3-4,7,14H,5-6H2,1-2H3,(H,11,15)/t7-/m1/s1. The van der Waals surface area contributed by atoms with Crippen LogP contribution in [0.3, 0.4) is 0 Å². The molecule has 0 unspecified atom stereocenters. The number of hydrogen-bond acceptors (Lipinski definition) is 4. The maximum absolute atomic E-state index is 11.6. The van der Waals surface area contributed by atoms with Crippen LogP contribution in [0.2, 0.25) is 0 Å². The van der Waals surface area contributed by atoms with Crippen molar-refractivity contribution in [1.29, 1.82) is 0 Å². The van der Waals surface area contributed by atoms with Gasteiger partial charge in [0.25, 0.3) is 5.56 Å². The summed E-state index contributed by atoms with van der Waals surface area (Å²) < 4.78 is 2.04. The van der Waals surface area contributed by atoms with E-state index in [2.05, 4.69) is 5.32 Å². The summed E-state index contributed by atoms with van der Waals surface area (Å²) in [6, 6.07) is 1.21. The fraction of sp³-hybridized carbons (Fsp3) is 0.500. The van der Waals surface area contributed by atoms with Gasteiger partial charge in [0, 0.05) is 25.9 Å². The molecule has 0 bridgehead atoms. The summed E-state index contributed by atoms with van der Waals surface area (Å²) in [7, 11) is 1.34. The van der Waals surface area contributed by atoms with Gasteiger partial charge in [-0.3, -0.25) is 18.7 Å². The molecule has 1 aromatic rings. The quantitative estimate of drug-likeness (QED) is 0.640. The number of aromatic nitrogens is 2. The lowest BCUT2D eigenvalue weighted by molar-refractivity contribution is -0.122. The first-order valence-corrected chi connectivity index (χ1v) is 5.13. The van der Waals surface area contributed by atoms with Crippen molar-refractivity contribution >= 4 is 5.91 Å². The lowest BCUT2D eigenvalue weighted by atomic mass is 10.4.